The number of ether oxygens (including phenoxy) is 1. The van der Waals surface area contributed by atoms with Gasteiger partial charge in [-0.15, -0.1) is 0 Å². The lowest BCUT2D eigenvalue weighted by Crippen LogP contribution is -2.15. The molecule has 0 unspecified atom stereocenters. The van der Waals surface area contributed by atoms with Gasteiger partial charge in [-0.05, 0) is 53.4 Å². The van der Waals surface area contributed by atoms with E-state index in [-0.39, 0.29) is 0 Å². The Hall–Kier alpha value is -3.37. The third kappa shape index (κ3) is 5.16. The number of oxime groups is 1. The maximum atomic E-state index is 6.02. The Kier molecular flexibility index (Phi) is 7.81. The van der Waals surface area contributed by atoms with E-state index in [1.165, 1.54) is 11.1 Å². The fourth-order valence-electron chi connectivity index (χ4n) is 3.49. The molecule has 0 saturated heterocycles. The number of hydrogen-bond donors (Lipinski definition) is 1. The summed E-state index contributed by atoms with van der Waals surface area (Å²) in [4.78, 5) is 4.86. The van der Waals surface area contributed by atoms with Crippen LogP contribution in [0.5, 0.6) is 5.75 Å². The van der Waals surface area contributed by atoms with Crippen LogP contribution >= 0.6 is 0 Å². The van der Waals surface area contributed by atoms with E-state index in [4.69, 9.17) is 9.57 Å². The van der Waals surface area contributed by atoms with Crippen molar-refractivity contribution in [3.63, 3.8) is 0 Å². The molecule has 0 radical (unpaired) electrons. The number of nitrogens with one attached hydrogen (secondary N) is 1. The van der Waals surface area contributed by atoms with Crippen molar-refractivity contribution in [2.45, 2.75) is 13.3 Å². The monoisotopic (exact) mass is 400 g/mol. The van der Waals surface area contributed by atoms with Gasteiger partial charge >= 0.3 is 0 Å². The van der Waals surface area contributed by atoms with E-state index >= 15 is 0 Å². The molecule has 30 heavy (non-hydrogen) atoms. The smallest absolute Gasteiger partial charge is 0.139 e. The molecule has 0 amide bonds. The summed E-state index contributed by atoms with van der Waals surface area (Å²) in [5.74, 6) is 0.847. The fourth-order valence-corrected chi connectivity index (χ4v) is 3.49. The molecule has 0 saturated carbocycles. The van der Waals surface area contributed by atoms with Crippen LogP contribution in [0.3, 0.4) is 0 Å². The number of para-hydroxylation sites is 1. The first-order valence-electron chi connectivity index (χ1n) is 10.1. The quantitative estimate of drug-likeness (QED) is 0.220. The minimum absolute atomic E-state index is 0.442. The van der Waals surface area contributed by atoms with Crippen molar-refractivity contribution >= 4 is 17.4 Å². The zero-order chi connectivity index (χ0) is 21.2. The summed E-state index contributed by atoms with van der Waals surface area (Å²) >= 11 is 0. The lowest BCUT2D eigenvalue weighted by atomic mass is 9.87. The van der Waals surface area contributed by atoms with Crippen molar-refractivity contribution in [1.82, 2.24) is 5.32 Å². The number of allylic oxidation sites excluding steroid dienone is 1. The highest BCUT2D eigenvalue weighted by molar-refractivity contribution is 6.00. The van der Waals surface area contributed by atoms with Gasteiger partial charge in [0, 0.05) is 5.56 Å². The van der Waals surface area contributed by atoms with Crippen LogP contribution in [0.25, 0.3) is 11.1 Å². The molecule has 0 aromatic heterocycles. The maximum absolute atomic E-state index is 6.02. The van der Waals surface area contributed by atoms with Crippen LogP contribution in [0.1, 0.15) is 35.6 Å². The lowest BCUT2D eigenvalue weighted by Gasteiger charge is -2.19. The predicted octanol–water partition coefficient (Wildman–Crippen LogP) is 5.59. The third-order valence-corrected chi connectivity index (χ3v) is 4.79. The Morgan fingerprint density at radius 1 is 0.933 bits per heavy atom. The molecule has 0 aliphatic carbocycles. The first-order chi connectivity index (χ1) is 14.8. The summed E-state index contributed by atoms with van der Waals surface area (Å²) in [5, 5.41) is 6.98. The molecule has 4 heteroatoms. The molecule has 3 aromatic rings. The summed E-state index contributed by atoms with van der Waals surface area (Å²) in [7, 11) is 3.42. The van der Waals surface area contributed by atoms with E-state index in [9.17, 15) is 0 Å². The Morgan fingerprint density at radius 3 is 2.40 bits per heavy atom. The molecule has 0 fully saturated rings. The van der Waals surface area contributed by atoms with Crippen LogP contribution in [-0.4, -0.2) is 27.1 Å². The number of benzene rings is 3. The number of rotatable bonds is 9. The molecule has 0 aliphatic heterocycles. The SMILES string of the molecule is CCC(=C(c1cccc(C=NOC)c1)c1ccccc1OCNC)c1ccccc1. The van der Waals surface area contributed by atoms with Gasteiger partial charge in [0.25, 0.3) is 0 Å². The van der Waals surface area contributed by atoms with Gasteiger partial charge in [-0.1, -0.05) is 78.8 Å². The van der Waals surface area contributed by atoms with E-state index in [0.29, 0.717) is 6.73 Å². The minimum Gasteiger partial charge on any atom is -0.478 e. The second-order valence-corrected chi connectivity index (χ2v) is 6.75. The van der Waals surface area contributed by atoms with Gasteiger partial charge in [0.1, 0.15) is 19.6 Å². The average Bonchev–Trinajstić information content (AvgIpc) is 2.81. The molecule has 0 aliphatic rings. The molecule has 0 bridgehead atoms. The highest BCUT2D eigenvalue weighted by Gasteiger charge is 2.17. The summed E-state index contributed by atoms with van der Waals surface area (Å²) in [6.45, 7) is 2.63. The second kappa shape index (κ2) is 11.0. The molecule has 0 spiro atoms. The first kappa shape index (κ1) is 21.3. The van der Waals surface area contributed by atoms with Crippen LogP contribution < -0.4 is 10.1 Å². The van der Waals surface area contributed by atoms with Crippen LogP contribution in [0.2, 0.25) is 0 Å². The standard InChI is InChI=1S/C26H28N2O2/c1-4-23(21-12-6-5-7-13-21)26(22-14-10-11-20(17-22)18-28-29-3)24-15-8-9-16-25(24)30-19-27-2/h5-18,27H,4,19H2,1-3H3. The molecule has 3 rings (SSSR count). The van der Waals surface area contributed by atoms with Crippen molar-refractivity contribution in [1.29, 1.82) is 0 Å². The van der Waals surface area contributed by atoms with Gasteiger partial charge in [-0.25, -0.2) is 0 Å². The molecule has 0 heterocycles. The molecule has 4 nitrogen and oxygen atoms in total. The first-order valence-corrected chi connectivity index (χ1v) is 10.1. The molecule has 3 aromatic carbocycles. The summed E-state index contributed by atoms with van der Waals surface area (Å²) in [5.41, 5.74) is 6.77. The highest BCUT2D eigenvalue weighted by Crippen LogP contribution is 2.38. The molecular formula is C26H28N2O2. The second-order valence-electron chi connectivity index (χ2n) is 6.75. The van der Waals surface area contributed by atoms with Gasteiger partial charge in [0.05, 0.1) is 6.21 Å². The van der Waals surface area contributed by atoms with Crippen LogP contribution in [0.4, 0.5) is 0 Å². The zero-order valence-electron chi connectivity index (χ0n) is 17.8. The van der Waals surface area contributed by atoms with Gasteiger partial charge in [-0.3, -0.25) is 5.32 Å². The van der Waals surface area contributed by atoms with Crippen molar-refractivity contribution in [3.05, 3.63) is 101 Å². The molecule has 0 atom stereocenters. The minimum atomic E-state index is 0.442. The third-order valence-electron chi connectivity index (χ3n) is 4.79. The topological polar surface area (TPSA) is 42.9 Å². The normalized spacial score (nSPS) is 12.0. The zero-order valence-corrected chi connectivity index (χ0v) is 17.8. The van der Waals surface area contributed by atoms with E-state index in [0.717, 1.165) is 34.4 Å². The average molecular weight is 401 g/mol. The summed E-state index contributed by atoms with van der Waals surface area (Å²) in [6.07, 6.45) is 2.61. The number of nitrogens with zero attached hydrogens (tertiary/aromatic N) is 1. The highest BCUT2D eigenvalue weighted by atomic mass is 16.6. The van der Waals surface area contributed by atoms with Crippen LogP contribution in [0, 0.1) is 0 Å². The predicted molar refractivity (Wildman–Crippen MR) is 125 cm³/mol. The van der Waals surface area contributed by atoms with Gasteiger partial charge < -0.3 is 9.57 Å². The Bertz CT molecular complexity index is 1010. The van der Waals surface area contributed by atoms with Gasteiger partial charge in [0.15, 0.2) is 0 Å². The van der Waals surface area contributed by atoms with E-state index in [1.54, 1.807) is 13.3 Å². The van der Waals surface area contributed by atoms with Crippen LogP contribution in [-0.2, 0) is 4.84 Å². The van der Waals surface area contributed by atoms with Crippen LogP contribution in [0.15, 0.2) is 84.0 Å². The van der Waals surface area contributed by atoms with Gasteiger partial charge in [0.2, 0.25) is 0 Å². The molecule has 154 valence electrons. The van der Waals surface area contributed by atoms with Crippen molar-refractivity contribution in [2.24, 2.45) is 5.16 Å². The Labute approximate surface area is 178 Å². The van der Waals surface area contributed by atoms with Crippen molar-refractivity contribution in [3.8, 4) is 5.75 Å². The van der Waals surface area contributed by atoms with E-state index in [1.807, 2.05) is 37.4 Å². The fraction of sp³-hybridized carbons (Fsp3) is 0.192. The maximum Gasteiger partial charge on any atom is 0.139 e. The molecule has 1 N–H and O–H groups in total. The lowest BCUT2D eigenvalue weighted by molar-refractivity contribution is 0.215. The summed E-state index contributed by atoms with van der Waals surface area (Å²) in [6, 6.07) is 27.0. The van der Waals surface area contributed by atoms with Crippen molar-refractivity contribution < 1.29 is 9.57 Å². The number of hydrogen-bond acceptors (Lipinski definition) is 4. The van der Waals surface area contributed by atoms with E-state index in [2.05, 4.69) is 65.9 Å². The van der Waals surface area contributed by atoms with Crippen molar-refractivity contribution in [2.75, 3.05) is 20.9 Å². The molecular weight excluding hydrogens is 372 g/mol. The Balaban J connectivity index is 2.26. The van der Waals surface area contributed by atoms with E-state index < -0.39 is 0 Å². The largest absolute Gasteiger partial charge is 0.478 e. The Morgan fingerprint density at radius 2 is 1.67 bits per heavy atom. The summed E-state index contributed by atoms with van der Waals surface area (Å²) < 4.78 is 6.02. The van der Waals surface area contributed by atoms with Gasteiger partial charge in [-0.2, -0.15) is 0 Å².